The van der Waals surface area contributed by atoms with Gasteiger partial charge < -0.3 is 0 Å². The van der Waals surface area contributed by atoms with E-state index in [1.54, 1.807) is 0 Å². The fourth-order valence-electron chi connectivity index (χ4n) is 0.125. The molecule has 0 rings (SSSR count). The minimum Gasteiger partial charge on any atom is -0.113 e. The molecule has 1 heteroatoms. The maximum Gasteiger partial charge on any atom is 0.0588 e. The molecule has 0 aliphatic carbocycles. The second-order valence-corrected chi connectivity index (χ2v) is 1.39. The molecule has 0 radical (unpaired) electrons. The Balaban J connectivity index is 3.52. The molecule has 0 bridgehead atoms. The van der Waals surface area contributed by atoms with Crippen molar-refractivity contribution in [3.63, 3.8) is 0 Å². The highest BCUT2D eigenvalue weighted by molar-refractivity contribution is 6.29. The lowest BCUT2D eigenvalue weighted by atomic mass is 10.5. The Morgan fingerprint density at radius 2 is 2.50 bits per heavy atom. The topological polar surface area (TPSA) is 0 Å². The van der Waals surface area contributed by atoms with E-state index in [0.717, 1.165) is 6.42 Å². The molecule has 0 fully saturated rings. The summed E-state index contributed by atoms with van der Waals surface area (Å²) in [5, 5.41) is 0.704. The van der Waals surface area contributed by atoms with Crippen LogP contribution in [0.2, 0.25) is 0 Å². The monoisotopic (exact) mass is 102 g/mol. The molecular weight excluding hydrogens is 95.5 g/mol. The molecule has 0 saturated carbocycles. The lowest BCUT2D eigenvalue weighted by molar-refractivity contribution is 1.20. The van der Waals surface area contributed by atoms with E-state index >= 15 is 0 Å². The summed E-state index contributed by atoms with van der Waals surface area (Å²) in [6.07, 6.45) is 0.838. The first-order valence-electron chi connectivity index (χ1n) is 1.85. The summed E-state index contributed by atoms with van der Waals surface area (Å²) >= 11 is 5.39. The normalized spacial score (nSPS) is 7.00. The Morgan fingerprint density at radius 1 is 2.00 bits per heavy atom. The van der Waals surface area contributed by atoms with E-state index in [-0.39, 0.29) is 0 Å². The highest BCUT2D eigenvalue weighted by Gasteiger charge is 1.75. The number of halogens is 1. The van der Waals surface area contributed by atoms with Gasteiger partial charge in [0.25, 0.3) is 0 Å². The molecule has 0 aliphatic rings. The molecule has 0 atom stereocenters. The Hall–Kier alpha value is -0.190. The summed E-state index contributed by atoms with van der Waals surface area (Å²) in [7, 11) is 0. The third kappa shape index (κ3) is 2.07. The van der Waals surface area contributed by atoms with Crippen molar-refractivity contribution in [3.05, 3.63) is 17.3 Å². The highest BCUT2D eigenvalue weighted by atomic mass is 35.5. The third-order valence-corrected chi connectivity index (χ3v) is 0.903. The van der Waals surface area contributed by atoms with Crippen LogP contribution in [0.25, 0.3) is 0 Å². The van der Waals surface area contributed by atoms with Gasteiger partial charge in [0, 0.05) is 0 Å². The van der Waals surface area contributed by atoms with Crippen LogP contribution in [0.5, 0.6) is 0 Å². The van der Waals surface area contributed by atoms with E-state index in [0.29, 0.717) is 5.03 Å². The van der Waals surface area contributed by atoms with Gasteiger partial charge in [-0.05, 0) is 6.42 Å². The number of allylic oxidation sites excluding steroid dienone is 1. The van der Waals surface area contributed by atoms with Gasteiger partial charge in [-0.25, -0.2) is 0 Å². The maximum atomic E-state index is 5.39. The van der Waals surface area contributed by atoms with Crippen LogP contribution >= 0.6 is 11.6 Å². The zero-order chi connectivity index (χ0) is 4.99. The van der Waals surface area contributed by atoms with Crippen molar-refractivity contribution in [1.29, 1.82) is 0 Å². The number of hydrogen-bond donors (Lipinski definition) is 0. The van der Waals surface area contributed by atoms with Crippen LogP contribution in [0.4, 0.5) is 0 Å². The highest BCUT2D eigenvalue weighted by Crippen LogP contribution is 2.00. The summed E-state index contributed by atoms with van der Waals surface area (Å²) in [4.78, 5) is 0. The number of rotatable bonds is 1. The SMILES string of the molecule is C=C=C(Cl)CC. The van der Waals surface area contributed by atoms with Gasteiger partial charge in [0.05, 0.1) is 5.03 Å². The van der Waals surface area contributed by atoms with Gasteiger partial charge in [0.2, 0.25) is 0 Å². The van der Waals surface area contributed by atoms with E-state index in [1.807, 2.05) is 6.92 Å². The smallest absolute Gasteiger partial charge is 0.0588 e. The fraction of sp³-hybridized carbons (Fsp3) is 0.400. The molecule has 0 amide bonds. The predicted octanol–water partition coefficient (Wildman–Crippen LogP) is 2.30. The molecule has 6 heavy (non-hydrogen) atoms. The standard InChI is InChI=1S/C5H7Cl/c1-3-5(6)4-2/h1,4H2,2H3. The van der Waals surface area contributed by atoms with Crippen LogP contribution in [0.3, 0.4) is 0 Å². The van der Waals surface area contributed by atoms with Crippen molar-refractivity contribution in [2.24, 2.45) is 0 Å². The molecule has 0 unspecified atom stereocenters. The van der Waals surface area contributed by atoms with E-state index in [4.69, 9.17) is 11.6 Å². The molecule has 0 aromatic rings. The van der Waals surface area contributed by atoms with E-state index in [2.05, 4.69) is 12.3 Å². The second-order valence-electron chi connectivity index (χ2n) is 0.935. The minimum absolute atomic E-state index is 0.704. The summed E-state index contributed by atoms with van der Waals surface area (Å²) in [6.45, 7) is 5.30. The molecule has 0 nitrogen and oxygen atoms in total. The maximum absolute atomic E-state index is 5.39. The predicted molar refractivity (Wildman–Crippen MR) is 28.8 cm³/mol. The molecular formula is C5H7Cl. The van der Waals surface area contributed by atoms with Crippen molar-refractivity contribution in [3.8, 4) is 0 Å². The average Bonchev–Trinajstić information content (AvgIpc) is 1.65. The van der Waals surface area contributed by atoms with Gasteiger partial charge in [-0.15, -0.1) is 5.73 Å². The average molecular weight is 103 g/mol. The van der Waals surface area contributed by atoms with Crippen molar-refractivity contribution < 1.29 is 0 Å². The van der Waals surface area contributed by atoms with Crippen LogP contribution in [-0.2, 0) is 0 Å². The Bertz CT molecular complexity index is 77.9. The summed E-state index contributed by atoms with van der Waals surface area (Å²) < 4.78 is 0. The van der Waals surface area contributed by atoms with E-state index < -0.39 is 0 Å². The molecule has 0 aromatic carbocycles. The van der Waals surface area contributed by atoms with Crippen LogP contribution in [0.15, 0.2) is 17.3 Å². The van der Waals surface area contributed by atoms with Crippen molar-refractivity contribution in [1.82, 2.24) is 0 Å². The summed E-state index contributed by atoms with van der Waals surface area (Å²) in [5.41, 5.74) is 2.55. The molecule has 0 aromatic heterocycles. The zero-order valence-corrected chi connectivity index (χ0v) is 4.55. The van der Waals surface area contributed by atoms with Crippen LogP contribution in [0, 0.1) is 0 Å². The minimum atomic E-state index is 0.704. The van der Waals surface area contributed by atoms with Crippen LogP contribution < -0.4 is 0 Å². The van der Waals surface area contributed by atoms with Crippen LogP contribution in [-0.4, -0.2) is 0 Å². The molecule has 0 saturated heterocycles. The van der Waals surface area contributed by atoms with Gasteiger partial charge in [-0.2, -0.15) is 0 Å². The Labute approximate surface area is 43.1 Å². The first-order valence-corrected chi connectivity index (χ1v) is 2.23. The summed E-state index contributed by atoms with van der Waals surface area (Å²) in [6, 6.07) is 0. The lowest BCUT2D eigenvalue weighted by Gasteiger charge is -1.76. The van der Waals surface area contributed by atoms with E-state index in [9.17, 15) is 0 Å². The second kappa shape index (κ2) is 3.02. The Kier molecular flexibility index (Phi) is 2.92. The zero-order valence-electron chi connectivity index (χ0n) is 3.79. The molecule has 0 N–H and O–H groups in total. The Morgan fingerprint density at radius 3 is 2.50 bits per heavy atom. The first kappa shape index (κ1) is 5.81. The van der Waals surface area contributed by atoms with Crippen LogP contribution in [0.1, 0.15) is 13.3 Å². The van der Waals surface area contributed by atoms with Gasteiger partial charge in [0.1, 0.15) is 0 Å². The van der Waals surface area contributed by atoms with Crippen molar-refractivity contribution in [2.75, 3.05) is 0 Å². The van der Waals surface area contributed by atoms with Crippen molar-refractivity contribution >= 4 is 11.6 Å². The fourth-order valence-corrected chi connectivity index (χ4v) is 0.125. The number of hydrogen-bond acceptors (Lipinski definition) is 0. The summed E-state index contributed by atoms with van der Waals surface area (Å²) in [5.74, 6) is 0. The quantitative estimate of drug-likeness (QED) is 0.446. The van der Waals surface area contributed by atoms with Crippen molar-refractivity contribution in [2.45, 2.75) is 13.3 Å². The van der Waals surface area contributed by atoms with Gasteiger partial charge >= 0.3 is 0 Å². The van der Waals surface area contributed by atoms with E-state index in [1.165, 1.54) is 0 Å². The molecule has 0 aliphatic heterocycles. The lowest BCUT2D eigenvalue weighted by Crippen LogP contribution is -1.55. The first-order chi connectivity index (χ1) is 2.81. The third-order valence-electron chi connectivity index (χ3n) is 0.502. The molecule has 0 spiro atoms. The molecule has 0 heterocycles. The van der Waals surface area contributed by atoms with Gasteiger partial charge in [-0.3, -0.25) is 0 Å². The largest absolute Gasteiger partial charge is 0.113 e. The molecule has 34 valence electrons. The van der Waals surface area contributed by atoms with Gasteiger partial charge in [-0.1, -0.05) is 25.1 Å². The van der Waals surface area contributed by atoms with Gasteiger partial charge in [0.15, 0.2) is 0 Å².